The SMILES string of the molecule is CC(c1ccccc1Cl)N1CCNC(C2CC2)C1. The number of benzene rings is 1. The first-order valence-corrected chi connectivity index (χ1v) is 7.35. The Labute approximate surface area is 114 Å². The van der Waals surface area contributed by atoms with Crippen LogP contribution in [-0.4, -0.2) is 30.6 Å². The van der Waals surface area contributed by atoms with Crippen LogP contribution in [0.5, 0.6) is 0 Å². The number of hydrogen-bond acceptors (Lipinski definition) is 2. The number of hydrogen-bond donors (Lipinski definition) is 1. The van der Waals surface area contributed by atoms with Crippen molar-refractivity contribution in [1.82, 2.24) is 10.2 Å². The van der Waals surface area contributed by atoms with Crippen LogP contribution in [0.1, 0.15) is 31.4 Å². The minimum atomic E-state index is 0.419. The van der Waals surface area contributed by atoms with E-state index in [1.54, 1.807) is 0 Å². The minimum Gasteiger partial charge on any atom is -0.311 e. The Kier molecular flexibility index (Phi) is 3.60. The van der Waals surface area contributed by atoms with Crippen molar-refractivity contribution in [2.45, 2.75) is 31.8 Å². The molecule has 2 aliphatic rings. The average Bonchev–Trinajstić information content (AvgIpc) is 3.23. The van der Waals surface area contributed by atoms with Gasteiger partial charge in [0.25, 0.3) is 0 Å². The van der Waals surface area contributed by atoms with E-state index in [1.165, 1.54) is 18.4 Å². The van der Waals surface area contributed by atoms with Crippen molar-refractivity contribution in [2.24, 2.45) is 5.92 Å². The molecule has 2 fully saturated rings. The van der Waals surface area contributed by atoms with Gasteiger partial charge in [-0.05, 0) is 37.3 Å². The molecule has 0 aromatic heterocycles. The van der Waals surface area contributed by atoms with Crippen LogP contribution in [0.4, 0.5) is 0 Å². The van der Waals surface area contributed by atoms with Gasteiger partial charge in [0.05, 0.1) is 0 Å². The number of halogens is 1. The van der Waals surface area contributed by atoms with Crippen molar-refractivity contribution in [1.29, 1.82) is 0 Å². The highest BCUT2D eigenvalue weighted by atomic mass is 35.5. The molecule has 0 bridgehead atoms. The van der Waals surface area contributed by atoms with Gasteiger partial charge in [-0.3, -0.25) is 4.90 Å². The Bertz CT molecular complexity index is 417. The first-order valence-electron chi connectivity index (χ1n) is 6.97. The van der Waals surface area contributed by atoms with E-state index in [2.05, 4.69) is 29.3 Å². The first-order chi connectivity index (χ1) is 8.75. The van der Waals surface area contributed by atoms with E-state index in [1.807, 2.05) is 12.1 Å². The Hall–Kier alpha value is -0.570. The average molecular weight is 265 g/mol. The van der Waals surface area contributed by atoms with Crippen molar-refractivity contribution in [2.75, 3.05) is 19.6 Å². The fourth-order valence-corrected chi connectivity index (χ4v) is 3.27. The van der Waals surface area contributed by atoms with Crippen LogP contribution in [-0.2, 0) is 0 Å². The third-order valence-electron chi connectivity index (χ3n) is 4.33. The summed E-state index contributed by atoms with van der Waals surface area (Å²) in [5.74, 6) is 0.922. The first kappa shape index (κ1) is 12.5. The molecule has 2 atom stereocenters. The lowest BCUT2D eigenvalue weighted by molar-refractivity contribution is 0.145. The van der Waals surface area contributed by atoms with Crippen molar-refractivity contribution in [3.05, 3.63) is 34.9 Å². The van der Waals surface area contributed by atoms with Gasteiger partial charge in [0.1, 0.15) is 0 Å². The number of nitrogens with one attached hydrogen (secondary N) is 1. The van der Waals surface area contributed by atoms with Crippen molar-refractivity contribution in [3.63, 3.8) is 0 Å². The molecule has 1 N–H and O–H groups in total. The summed E-state index contributed by atoms with van der Waals surface area (Å²) in [6.07, 6.45) is 2.82. The largest absolute Gasteiger partial charge is 0.311 e. The number of rotatable bonds is 3. The van der Waals surface area contributed by atoms with E-state index in [9.17, 15) is 0 Å². The van der Waals surface area contributed by atoms with Crippen LogP contribution in [0.25, 0.3) is 0 Å². The molecule has 0 amide bonds. The molecule has 1 aromatic carbocycles. The molecule has 0 spiro atoms. The van der Waals surface area contributed by atoms with Crippen LogP contribution < -0.4 is 5.32 Å². The molecule has 2 nitrogen and oxygen atoms in total. The zero-order valence-corrected chi connectivity index (χ0v) is 11.7. The molecule has 1 saturated carbocycles. The molecule has 1 aromatic rings. The minimum absolute atomic E-state index is 0.419. The Morgan fingerprint density at radius 2 is 2.11 bits per heavy atom. The molecule has 1 saturated heterocycles. The summed E-state index contributed by atoms with van der Waals surface area (Å²) in [5.41, 5.74) is 1.26. The van der Waals surface area contributed by atoms with Crippen LogP contribution in [0, 0.1) is 5.92 Å². The number of nitrogens with zero attached hydrogens (tertiary/aromatic N) is 1. The van der Waals surface area contributed by atoms with Crippen LogP contribution in [0.2, 0.25) is 5.02 Å². The summed E-state index contributed by atoms with van der Waals surface area (Å²) in [7, 11) is 0. The lowest BCUT2D eigenvalue weighted by Crippen LogP contribution is -2.52. The third-order valence-corrected chi connectivity index (χ3v) is 4.68. The molecule has 98 valence electrons. The van der Waals surface area contributed by atoms with Gasteiger partial charge in [-0.1, -0.05) is 29.8 Å². The predicted molar refractivity (Wildman–Crippen MR) is 76.0 cm³/mol. The van der Waals surface area contributed by atoms with Gasteiger partial charge in [-0.15, -0.1) is 0 Å². The standard InChI is InChI=1S/C15H21ClN2/c1-11(13-4-2-3-5-14(13)16)18-9-8-17-15(10-18)12-6-7-12/h2-5,11-12,15,17H,6-10H2,1H3. The topological polar surface area (TPSA) is 15.3 Å². The summed E-state index contributed by atoms with van der Waals surface area (Å²) in [6.45, 7) is 5.67. The molecule has 3 rings (SSSR count). The van der Waals surface area contributed by atoms with Gasteiger partial charge in [0.2, 0.25) is 0 Å². The van der Waals surface area contributed by atoms with Gasteiger partial charge in [0, 0.05) is 36.7 Å². The Morgan fingerprint density at radius 3 is 2.83 bits per heavy atom. The summed E-state index contributed by atoms with van der Waals surface area (Å²) < 4.78 is 0. The fraction of sp³-hybridized carbons (Fsp3) is 0.600. The lowest BCUT2D eigenvalue weighted by atomic mass is 10.0. The molecular formula is C15H21ClN2. The molecule has 1 aliphatic heterocycles. The van der Waals surface area contributed by atoms with E-state index in [-0.39, 0.29) is 0 Å². The van der Waals surface area contributed by atoms with Gasteiger partial charge in [-0.2, -0.15) is 0 Å². The van der Waals surface area contributed by atoms with Gasteiger partial charge in [-0.25, -0.2) is 0 Å². The zero-order chi connectivity index (χ0) is 12.5. The normalized spacial score (nSPS) is 27.1. The summed E-state index contributed by atoms with van der Waals surface area (Å²) in [4.78, 5) is 2.57. The van der Waals surface area contributed by atoms with E-state index in [4.69, 9.17) is 11.6 Å². The van der Waals surface area contributed by atoms with Gasteiger partial charge >= 0.3 is 0 Å². The maximum atomic E-state index is 6.31. The van der Waals surface area contributed by atoms with Crippen LogP contribution in [0.3, 0.4) is 0 Å². The lowest BCUT2D eigenvalue weighted by Gasteiger charge is -2.38. The molecule has 0 radical (unpaired) electrons. The van der Waals surface area contributed by atoms with E-state index < -0.39 is 0 Å². The second-order valence-electron chi connectivity index (χ2n) is 5.59. The Balaban J connectivity index is 1.71. The second kappa shape index (κ2) is 5.20. The molecule has 3 heteroatoms. The van der Waals surface area contributed by atoms with Gasteiger partial charge < -0.3 is 5.32 Å². The van der Waals surface area contributed by atoms with Crippen LogP contribution in [0.15, 0.2) is 24.3 Å². The molecular weight excluding hydrogens is 244 g/mol. The summed E-state index contributed by atoms with van der Waals surface area (Å²) in [5, 5.41) is 4.55. The quantitative estimate of drug-likeness (QED) is 0.903. The molecule has 1 aliphatic carbocycles. The summed E-state index contributed by atoms with van der Waals surface area (Å²) in [6, 6.07) is 9.35. The molecule has 1 heterocycles. The van der Waals surface area contributed by atoms with Crippen molar-refractivity contribution in [3.8, 4) is 0 Å². The van der Waals surface area contributed by atoms with Crippen molar-refractivity contribution < 1.29 is 0 Å². The number of piperazine rings is 1. The monoisotopic (exact) mass is 264 g/mol. The van der Waals surface area contributed by atoms with E-state index in [0.29, 0.717) is 12.1 Å². The second-order valence-corrected chi connectivity index (χ2v) is 6.00. The highest BCUT2D eigenvalue weighted by Gasteiger charge is 2.35. The molecule has 2 unspecified atom stereocenters. The van der Waals surface area contributed by atoms with E-state index >= 15 is 0 Å². The fourth-order valence-electron chi connectivity index (χ4n) is 2.98. The highest BCUT2D eigenvalue weighted by Crippen LogP contribution is 2.35. The third kappa shape index (κ3) is 2.56. The predicted octanol–water partition coefficient (Wildman–Crippen LogP) is 3.08. The zero-order valence-electron chi connectivity index (χ0n) is 10.9. The van der Waals surface area contributed by atoms with E-state index in [0.717, 1.165) is 30.6 Å². The smallest absolute Gasteiger partial charge is 0.0453 e. The van der Waals surface area contributed by atoms with Crippen molar-refractivity contribution >= 4 is 11.6 Å². The maximum Gasteiger partial charge on any atom is 0.0453 e. The summed E-state index contributed by atoms with van der Waals surface area (Å²) >= 11 is 6.31. The van der Waals surface area contributed by atoms with Gasteiger partial charge in [0.15, 0.2) is 0 Å². The van der Waals surface area contributed by atoms with Crippen LogP contribution >= 0.6 is 11.6 Å². The Morgan fingerprint density at radius 1 is 1.33 bits per heavy atom. The molecule has 18 heavy (non-hydrogen) atoms. The highest BCUT2D eigenvalue weighted by molar-refractivity contribution is 6.31. The maximum absolute atomic E-state index is 6.31.